The molecule has 3 heteroatoms. The van der Waals surface area contributed by atoms with Gasteiger partial charge in [-0.2, -0.15) is 5.10 Å². The summed E-state index contributed by atoms with van der Waals surface area (Å²) in [7, 11) is 3.99. The smallest absolute Gasteiger partial charge is 0.0540 e. The predicted octanol–water partition coefficient (Wildman–Crippen LogP) is 2.54. The summed E-state index contributed by atoms with van der Waals surface area (Å²) < 4.78 is 1.93. The zero-order chi connectivity index (χ0) is 13.1. The Morgan fingerprint density at radius 1 is 1.33 bits per heavy atom. The Hall–Kier alpha value is -1.61. The van der Waals surface area contributed by atoms with Crippen molar-refractivity contribution in [2.24, 2.45) is 7.05 Å². The van der Waals surface area contributed by atoms with E-state index in [1.807, 2.05) is 25.0 Å². The number of benzene rings is 1. The topological polar surface area (TPSA) is 29.9 Å². The van der Waals surface area contributed by atoms with Crippen LogP contribution in [0.5, 0.6) is 0 Å². The first-order chi connectivity index (χ1) is 8.61. The summed E-state index contributed by atoms with van der Waals surface area (Å²) in [5.41, 5.74) is 5.17. The molecule has 1 N–H and O–H groups in total. The van der Waals surface area contributed by atoms with Gasteiger partial charge in [-0.3, -0.25) is 4.68 Å². The second-order valence-corrected chi connectivity index (χ2v) is 4.84. The lowest BCUT2D eigenvalue weighted by Gasteiger charge is -2.16. The number of hydrogen-bond donors (Lipinski definition) is 1. The fourth-order valence-corrected chi connectivity index (χ4v) is 2.30. The first kappa shape index (κ1) is 12.8. The first-order valence-corrected chi connectivity index (χ1v) is 6.33. The molecule has 1 heterocycles. The van der Waals surface area contributed by atoms with Crippen LogP contribution in [0.15, 0.2) is 30.5 Å². The highest BCUT2D eigenvalue weighted by atomic mass is 15.3. The summed E-state index contributed by atoms with van der Waals surface area (Å²) in [6, 6.07) is 9.00. The van der Waals surface area contributed by atoms with E-state index in [0.29, 0.717) is 6.04 Å². The summed E-state index contributed by atoms with van der Waals surface area (Å²) in [6.45, 7) is 4.25. The number of aryl methyl sites for hydroxylation is 2. The highest BCUT2D eigenvalue weighted by molar-refractivity contribution is 5.27. The summed E-state index contributed by atoms with van der Waals surface area (Å²) in [6.07, 6.45) is 2.96. The number of aromatic nitrogens is 2. The second kappa shape index (κ2) is 5.36. The van der Waals surface area contributed by atoms with Gasteiger partial charge in [-0.25, -0.2) is 0 Å². The van der Waals surface area contributed by atoms with Crippen LogP contribution >= 0.6 is 0 Å². The number of hydrogen-bond acceptors (Lipinski definition) is 2. The quantitative estimate of drug-likeness (QED) is 0.894. The molecule has 0 aliphatic heterocycles. The van der Waals surface area contributed by atoms with Crippen LogP contribution in [0.4, 0.5) is 0 Å². The van der Waals surface area contributed by atoms with Gasteiger partial charge in [-0.1, -0.05) is 29.8 Å². The van der Waals surface area contributed by atoms with Crippen molar-refractivity contribution in [1.29, 1.82) is 0 Å². The molecule has 0 bridgehead atoms. The third-order valence-electron chi connectivity index (χ3n) is 3.52. The van der Waals surface area contributed by atoms with E-state index in [9.17, 15) is 0 Å². The standard InChI is InChI=1S/C15H21N3/c1-11-6-5-7-13(8-11)9-15(16-3)14-10-17-18(4)12(14)2/h5-8,10,15-16H,9H2,1-4H3. The van der Waals surface area contributed by atoms with E-state index in [2.05, 4.69) is 48.5 Å². The molecule has 18 heavy (non-hydrogen) atoms. The molecule has 0 radical (unpaired) electrons. The fourth-order valence-electron chi connectivity index (χ4n) is 2.30. The minimum atomic E-state index is 0.320. The molecule has 0 aliphatic rings. The van der Waals surface area contributed by atoms with E-state index in [1.165, 1.54) is 22.4 Å². The molecule has 2 aromatic rings. The second-order valence-electron chi connectivity index (χ2n) is 4.84. The van der Waals surface area contributed by atoms with Gasteiger partial charge >= 0.3 is 0 Å². The Morgan fingerprint density at radius 3 is 2.67 bits per heavy atom. The van der Waals surface area contributed by atoms with Gasteiger partial charge in [-0.05, 0) is 32.9 Å². The molecule has 3 nitrogen and oxygen atoms in total. The zero-order valence-corrected chi connectivity index (χ0v) is 11.6. The lowest BCUT2D eigenvalue weighted by Crippen LogP contribution is -2.19. The highest BCUT2D eigenvalue weighted by Gasteiger charge is 2.15. The summed E-state index contributed by atoms with van der Waals surface area (Å²) in [5, 5.41) is 7.71. The van der Waals surface area contributed by atoms with Gasteiger partial charge in [0.1, 0.15) is 0 Å². The lowest BCUT2D eigenvalue weighted by atomic mass is 9.98. The van der Waals surface area contributed by atoms with Gasteiger partial charge in [0.05, 0.1) is 6.20 Å². The molecule has 0 saturated heterocycles. The summed E-state index contributed by atoms with van der Waals surface area (Å²) in [5.74, 6) is 0. The molecule has 1 aromatic carbocycles. The zero-order valence-electron chi connectivity index (χ0n) is 11.6. The van der Waals surface area contributed by atoms with Crippen molar-refractivity contribution in [2.75, 3.05) is 7.05 Å². The number of likely N-dealkylation sites (N-methyl/N-ethyl adjacent to an activating group) is 1. The van der Waals surface area contributed by atoms with Gasteiger partial charge in [0.15, 0.2) is 0 Å². The van der Waals surface area contributed by atoms with Gasteiger partial charge in [0.25, 0.3) is 0 Å². The Labute approximate surface area is 109 Å². The van der Waals surface area contributed by atoms with E-state index in [0.717, 1.165) is 6.42 Å². The monoisotopic (exact) mass is 243 g/mol. The van der Waals surface area contributed by atoms with Crippen molar-refractivity contribution >= 4 is 0 Å². The minimum absolute atomic E-state index is 0.320. The van der Waals surface area contributed by atoms with E-state index in [-0.39, 0.29) is 0 Å². The Kier molecular flexibility index (Phi) is 3.82. The maximum absolute atomic E-state index is 4.32. The van der Waals surface area contributed by atoms with Crippen LogP contribution in [0.25, 0.3) is 0 Å². The van der Waals surface area contributed by atoms with E-state index >= 15 is 0 Å². The van der Waals surface area contributed by atoms with Crippen molar-refractivity contribution in [1.82, 2.24) is 15.1 Å². The maximum atomic E-state index is 4.32. The minimum Gasteiger partial charge on any atom is -0.313 e. The van der Waals surface area contributed by atoms with E-state index < -0.39 is 0 Å². The molecule has 0 spiro atoms. The molecular formula is C15H21N3. The third kappa shape index (κ3) is 2.62. The molecule has 0 aliphatic carbocycles. The molecule has 0 saturated carbocycles. The van der Waals surface area contributed by atoms with Crippen molar-refractivity contribution in [3.8, 4) is 0 Å². The summed E-state index contributed by atoms with van der Waals surface area (Å²) in [4.78, 5) is 0. The fraction of sp³-hybridized carbons (Fsp3) is 0.400. The Balaban J connectivity index is 2.22. The summed E-state index contributed by atoms with van der Waals surface area (Å²) >= 11 is 0. The van der Waals surface area contributed by atoms with Gasteiger partial charge in [0, 0.05) is 24.3 Å². The Bertz CT molecular complexity index is 528. The molecule has 1 atom stereocenters. The highest BCUT2D eigenvalue weighted by Crippen LogP contribution is 2.21. The van der Waals surface area contributed by atoms with E-state index in [4.69, 9.17) is 0 Å². The first-order valence-electron chi connectivity index (χ1n) is 6.33. The number of nitrogens with one attached hydrogen (secondary N) is 1. The normalized spacial score (nSPS) is 12.7. The number of rotatable bonds is 4. The van der Waals surface area contributed by atoms with Crippen LogP contribution in [0, 0.1) is 13.8 Å². The molecule has 0 fully saturated rings. The van der Waals surface area contributed by atoms with Gasteiger partial charge in [-0.15, -0.1) is 0 Å². The Morgan fingerprint density at radius 2 is 2.11 bits per heavy atom. The van der Waals surface area contributed by atoms with Crippen molar-refractivity contribution in [2.45, 2.75) is 26.3 Å². The molecule has 0 amide bonds. The van der Waals surface area contributed by atoms with Crippen molar-refractivity contribution < 1.29 is 0 Å². The average Bonchev–Trinajstić information content (AvgIpc) is 2.67. The predicted molar refractivity (Wildman–Crippen MR) is 74.6 cm³/mol. The molecular weight excluding hydrogens is 222 g/mol. The van der Waals surface area contributed by atoms with E-state index in [1.54, 1.807) is 0 Å². The third-order valence-corrected chi connectivity index (χ3v) is 3.52. The maximum Gasteiger partial charge on any atom is 0.0540 e. The van der Waals surface area contributed by atoms with Crippen LogP contribution in [0.3, 0.4) is 0 Å². The average molecular weight is 243 g/mol. The largest absolute Gasteiger partial charge is 0.313 e. The molecule has 2 rings (SSSR count). The van der Waals surface area contributed by atoms with Gasteiger partial charge in [0.2, 0.25) is 0 Å². The molecule has 96 valence electrons. The van der Waals surface area contributed by atoms with Gasteiger partial charge < -0.3 is 5.32 Å². The molecule has 1 aromatic heterocycles. The SMILES string of the molecule is CNC(Cc1cccc(C)c1)c1cnn(C)c1C. The van der Waals surface area contributed by atoms with Crippen LogP contribution in [-0.4, -0.2) is 16.8 Å². The van der Waals surface area contributed by atoms with Crippen molar-refractivity contribution in [3.05, 3.63) is 52.8 Å². The van der Waals surface area contributed by atoms with Crippen LogP contribution < -0.4 is 5.32 Å². The molecule has 1 unspecified atom stereocenters. The van der Waals surface area contributed by atoms with Crippen LogP contribution in [0.1, 0.15) is 28.4 Å². The van der Waals surface area contributed by atoms with Crippen molar-refractivity contribution in [3.63, 3.8) is 0 Å². The van der Waals surface area contributed by atoms with Crippen LogP contribution in [-0.2, 0) is 13.5 Å². The number of nitrogens with zero attached hydrogens (tertiary/aromatic N) is 2. The van der Waals surface area contributed by atoms with Crippen LogP contribution in [0.2, 0.25) is 0 Å². The lowest BCUT2D eigenvalue weighted by molar-refractivity contribution is 0.586.